The summed E-state index contributed by atoms with van der Waals surface area (Å²) in [6.07, 6.45) is 6.61. The first-order valence-corrected chi connectivity index (χ1v) is 9.65. The Kier molecular flexibility index (Phi) is 10.6. The lowest BCUT2D eigenvalue weighted by Gasteiger charge is -2.21. The zero-order chi connectivity index (χ0) is 16.9. The number of aromatic nitrogens is 1. The van der Waals surface area contributed by atoms with Crippen LogP contribution in [0.1, 0.15) is 49.9 Å². The van der Waals surface area contributed by atoms with Gasteiger partial charge >= 0.3 is 0 Å². The average Bonchev–Trinajstić information content (AvgIpc) is 3.02. The summed E-state index contributed by atoms with van der Waals surface area (Å²) >= 11 is 1.77. The molecule has 2 N–H and O–H groups in total. The standard InChI is InChI=1S/C17H33N5S/c1-5-10-22(11-6-2)12-8-9-19-17(18-4)21-14-16-20-13-15(7-3)23-16/h13H,5-12,14H2,1-4H3,(H2,18,19,21). The highest BCUT2D eigenvalue weighted by Crippen LogP contribution is 2.12. The van der Waals surface area contributed by atoms with Gasteiger partial charge in [0.25, 0.3) is 0 Å². The molecule has 0 saturated heterocycles. The molecule has 0 fully saturated rings. The monoisotopic (exact) mass is 339 g/mol. The van der Waals surface area contributed by atoms with Crippen LogP contribution in [0.25, 0.3) is 0 Å². The number of hydrogen-bond donors (Lipinski definition) is 2. The minimum Gasteiger partial charge on any atom is -0.356 e. The Hall–Kier alpha value is -1.14. The molecule has 23 heavy (non-hydrogen) atoms. The SMILES string of the molecule is CCCN(CCC)CCCNC(=NC)NCc1ncc(CC)s1. The van der Waals surface area contributed by atoms with E-state index in [2.05, 4.69) is 46.3 Å². The summed E-state index contributed by atoms with van der Waals surface area (Å²) in [6, 6.07) is 0. The first-order chi connectivity index (χ1) is 11.2. The van der Waals surface area contributed by atoms with Crippen LogP contribution in [0.4, 0.5) is 0 Å². The maximum absolute atomic E-state index is 4.42. The van der Waals surface area contributed by atoms with Crippen molar-refractivity contribution in [3.8, 4) is 0 Å². The maximum Gasteiger partial charge on any atom is 0.191 e. The Morgan fingerprint density at radius 3 is 2.48 bits per heavy atom. The van der Waals surface area contributed by atoms with E-state index < -0.39 is 0 Å². The van der Waals surface area contributed by atoms with Crippen molar-refractivity contribution >= 4 is 17.3 Å². The molecule has 6 heteroatoms. The molecule has 0 atom stereocenters. The Bertz CT molecular complexity index is 438. The van der Waals surface area contributed by atoms with Gasteiger partial charge in [-0.15, -0.1) is 11.3 Å². The molecule has 5 nitrogen and oxygen atoms in total. The van der Waals surface area contributed by atoms with Gasteiger partial charge in [0.15, 0.2) is 5.96 Å². The van der Waals surface area contributed by atoms with Crippen molar-refractivity contribution in [2.24, 2.45) is 4.99 Å². The third-order valence-electron chi connectivity index (χ3n) is 3.60. The van der Waals surface area contributed by atoms with E-state index in [1.165, 1.54) is 30.8 Å². The Balaban J connectivity index is 2.23. The first kappa shape index (κ1) is 19.9. The zero-order valence-electron chi connectivity index (χ0n) is 15.2. The molecular weight excluding hydrogens is 306 g/mol. The van der Waals surface area contributed by atoms with Gasteiger partial charge in [0.05, 0.1) is 6.54 Å². The largest absolute Gasteiger partial charge is 0.356 e. The van der Waals surface area contributed by atoms with E-state index in [0.717, 1.165) is 43.4 Å². The second-order valence-corrected chi connectivity index (χ2v) is 6.82. The van der Waals surface area contributed by atoms with Gasteiger partial charge in [0.1, 0.15) is 5.01 Å². The van der Waals surface area contributed by atoms with Crippen LogP contribution in [0.15, 0.2) is 11.2 Å². The maximum atomic E-state index is 4.42. The normalized spacial score (nSPS) is 12.0. The second-order valence-electron chi connectivity index (χ2n) is 5.62. The first-order valence-electron chi connectivity index (χ1n) is 8.83. The molecule has 0 bridgehead atoms. The van der Waals surface area contributed by atoms with Crippen LogP contribution in [0.3, 0.4) is 0 Å². The summed E-state index contributed by atoms with van der Waals surface area (Å²) in [5, 5.41) is 7.84. The van der Waals surface area contributed by atoms with Crippen molar-refractivity contribution in [3.05, 3.63) is 16.1 Å². The molecular formula is C17H33N5S. The molecule has 0 amide bonds. The summed E-state index contributed by atoms with van der Waals surface area (Å²) < 4.78 is 0. The summed E-state index contributed by atoms with van der Waals surface area (Å²) in [4.78, 5) is 12.6. The van der Waals surface area contributed by atoms with Crippen molar-refractivity contribution in [2.75, 3.05) is 33.2 Å². The molecule has 0 aliphatic rings. The zero-order valence-corrected chi connectivity index (χ0v) is 16.0. The lowest BCUT2D eigenvalue weighted by atomic mass is 10.3. The minimum atomic E-state index is 0.738. The third-order valence-corrected chi connectivity index (χ3v) is 4.75. The molecule has 0 saturated carbocycles. The Labute approximate surface area is 145 Å². The van der Waals surface area contributed by atoms with Gasteiger partial charge in [0.2, 0.25) is 0 Å². The van der Waals surface area contributed by atoms with Crippen LogP contribution in [-0.4, -0.2) is 49.1 Å². The van der Waals surface area contributed by atoms with Gasteiger partial charge in [-0.05, 0) is 45.3 Å². The fourth-order valence-corrected chi connectivity index (χ4v) is 3.25. The lowest BCUT2D eigenvalue weighted by Crippen LogP contribution is -2.38. The number of guanidine groups is 1. The fraction of sp³-hybridized carbons (Fsp3) is 0.765. The van der Waals surface area contributed by atoms with Gasteiger partial charge in [-0.1, -0.05) is 20.8 Å². The molecule has 0 radical (unpaired) electrons. The van der Waals surface area contributed by atoms with E-state index in [4.69, 9.17) is 0 Å². The third kappa shape index (κ3) is 8.32. The van der Waals surface area contributed by atoms with Gasteiger partial charge in [-0.2, -0.15) is 0 Å². The molecule has 0 aliphatic carbocycles. The summed E-state index contributed by atoms with van der Waals surface area (Å²) in [6.45, 7) is 11.9. The van der Waals surface area contributed by atoms with Crippen molar-refractivity contribution in [1.29, 1.82) is 0 Å². The minimum absolute atomic E-state index is 0.738. The van der Waals surface area contributed by atoms with Gasteiger partial charge in [-0.3, -0.25) is 4.99 Å². The molecule has 0 aliphatic heterocycles. The van der Waals surface area contributed by atoms with Crippen molar-refractivity contribution in [3.63, 3.8) is 0 Å². The molecule has 1 aromatic heterocycles. The molecule has 0 aromatic carbocycles. The van der Waals surface area contributed by atoms with E-state index >= 15 is 0 Å². The molecule has 132 valence electrons. The fourth-order valence-electron chi connectivity index (χ4n) is 2.45. The van der Waals surface area contributed by atoms with E-state index in [-0.39, 0.29) is 0 Å². The average molecular weight is 340 g/mol. The number of thiazole rings is 1. The second kappa shape index (κ2) is 12.3. The van der Waals surface area contributed by atoms with Crippen LogP contribution in [0, 0.1) is 0 Å². The summed E-state index contributed by atoms with van der Waals surface area (Å²) in [5.41, 5.74) is 0. The number of aliphatic imine (C=N–C) groups is 1. The van der Waals surface area contributed by atoms with E-state index in [9.17, 15) is 0 Å². The van der Waals surface area contributed by atoms with Crippen LogP contribution in [0.2, 0.25) is 0 Å². The van der Waals surface area contributed by atoms with Crippen LogP contribution in [-0.2, 0) is 13.0 Å². The number of nitrogens with zero attached hydrogens (tertiary/aromatic N) is 3. The molecule has 1 aromatic rings. The van der Waals surface area contributed by atoms with Gasteiger partial charge in [0, 0.05) is 24.7 Å². The van der Waals surface area contributed by atoms with Crippen molar-refractivity contribution in [2.45, 2.75) is 53.0 Å². The highest BCUT2D eigenvalue weighted by molar-refractivity contribution is 7.11. The van der Waals surface area contributed by atoms with Gasteiger partial charge in [-0.25, -0.2) is 4.98 Å². The Morgan fingerprint density at radius 2 is 1.91 bits per heavy atom. The van der Waals surface area contributed by atoms with Crippen molar-refractivity contribution in [1.82, 2.24) is 20.5 Å². The Morgan fingerprint density at radius 1 is 1.17 bits per heavy atom. The lowest BCUT2D eigenvalue weighted by molar-refractivity contribution is 0.271. The topological polar surface area (TPSA) is 52.5 Å². The van der Waals surface area contributed by atoms with Crippen LogP contribution >= 0.6 is 11.3 Å². The van der Waals surface area contributed by atoms with E-state index in [1.54, 1.807) is 11.3 Å². The summed E-state index contributed by atoms with van der Waals surface area (Å²) in [5.74, 6) is 0.857. The highest BCUT2D eigenvalue weighted by atomic mass is 32.1. The van der Waals surface area contributed by atoms with Crippen LogP contribution in [0.5, 0.6) is 0 Å². The molecule has 1 rings (SSSR count). The number of aryl methyl sites for hydroxylation is 1. The van der Waals surface area contributed by atoms with Gasteiger partial charge < -0.3 is 15.5 Å². The quantitative estimate of drug-likeness (QED) is 0.370. The smallest absolute Gasteiger partial charge is 0.191 e. The highest BCUT2D eigenvalue weighted by Gasteiger charge is 2.04. The van der Waals surface area contributed by atoms with Crippen LogP contribution < -0.4 is 10.6 Å². The van der Waals surface area contributed by atoms with E-state index in [0.29, 0.717) is 0 Å². The number of hydrogen-bond acceptors (Lipinski definition) is 4. The molecule has 1 heterocycles. The number of nitrogens with one attached hydrogen (secondary N) is 2. The van der Waals surface area contributed by atoms with Crippen molar-refractivity contribution < 1.29 is 0 Å². The molecule has 0 spiro atoms. The predicted octanol–water partition coefficient (Wildman–Crippen LogP) is 2.88. The number of rotatable bonds is 11. The van der Waals surface area contributed by atoms with E-state index in [1.807, 2.05) is 13.2 Å². The predicted molar refractivity (Wildman–Crippen MR) is 101 cm³/mol. The summed E-state index contributed by atoms with van der Waals surface area (Å²) in [7, 11) is 1.81. The molecule has 0 unspecified atom stereocenters.